The van der Waals surface area contributed by atoms with Gasteiger partial charge in [-0.05, 0) is 48.0 Å². The van der Waals surface area contributed by atoms with Gasteiger partial charge in [0, 0.05) is 18.1 Å². The van der Waals surface area contributed by atoms with Crippen LogP contribution in [0.2, 0.25) is 5.02 Å². The molecule has 25 heavy (non-hydrogen) atoms. The first-order valence-corrected chi connectivity index (χ1v) is 7.88. The fourth-order valence-corrected chi connectivity index (χ4v) is 2.37. The summed E-state index contributed by atoms with van der Waals surface area (Å²) in [5.74, 6) is -0.0926. The first kappa shape index (κ1) is 16.9. The number of hydrogen-bond acceptors (Lipinski definition) is 3. The maximum absolute atomic E-state index is 12.9. The Hall–Kier alpha value is -2.92. The van der Waals surface area contributed by atoms with Gasteiger partial charge in [0.25, 0.3) is 5.91 Å². The number of pyridine rings is 1. The van der Waals surface area contributed by atoms with E-state index in [-0.39, 0.29) is 18.3 Å². The van der Waals surface area contributed by atoms with Crippen LogP contribution >= 0.6 is 11.6 Å². The van der Waals surface area contributed by atoms with Crippen molar-refractivity contribution in [1.29, 1.82) is 0 Å². The van der Waals surface area contributed by atoms with Crippen molar-refractivity contribution in [2.75, 3.05) is 5.32 Å². The van der Waals surface area contributed by atoms with E-state index in [1.54, 1.807) is 48.7 Å². The van der Waals surface area contributed by atoms with Gasteiger partial charge < -0.3 is 10.1 Å². The van der Waals surface area contributed by atoms with E-state index in [2.05, 4.69) is 10.3 Å². The van der Waals surface area contributed by atoms with Crippen LogP contribution in [0.25, 0.3) is 0 Å². The van der Waals surface area contributed by atoms with Crippen LogP contribution in [-0.4, -0.2) is 10.9 Å². The lowest BCUT2D eigenvalue weighted by Crippen LogP contribution is -2.12. The number of nitrogens with zero attached hydrogens (tertiary/aromatic N) is 1. The molecule has 1 amide bonds. The molecule has 0 saturated heterocycles. The van der Waals surface area contributed by atoms with Gasteiger partial charge >= 0.3 is 0 Å². The molecule has 0 bridgehead atoms. The highest BCUT2D eigenvalue weighted by Crippen LogP contribution is 2.28. The molecule has 0 aliphatic rings. The largest absolute Gasteiger partial charge is 0.487 e. The topological polar surface area (TPSA) is 51.2 Å². The minimum absolute atomic E-state index is 0.265. The van der Waals surface area contributed by atoms with Crippen molar-refractivity contribution in [3.05, 3.63) is 89.0 Å². The van der Waals surface area contributed by atoms with Gasteiger partial charge in [-0.3, -0.25) is 9.78 Å². The zero-order chi connectivity index (χ0) is 17.6. The Bertz CT molecular complexity index is 870. The van der Waals surface area contributed by atoms with Gasteiger partial charge in [-0.15, -0.1) is 0 Å². The summed E-state index contributed by atoms with van der Waals surface area (Å²) in [5.41, 5.74) is 1.83. The molecule has 1 N–H and O–H groups in total. The minimum Gasteiger partial charge on any atom is -0.487 e. The Morgan fingerprint density at radius 1 is 1.16 bits per heavy atom. The van der Waals surface area contributed by atoms with Crippen LogP contribution in [0.1, 0.15) is 15.9 Å². The Morgan fingerprint density at radius 2 is 1.96 bits per heavy atom. The van der Waals surface area contributed by atoms with Gasteiger partial charge in [0.2, 0.25) is 0 Å². The normalized spacial score (nSPS) is 10.3. The van der Waals surface area contributed by atoms with E-state index in [0.29, 0.717) is 22.0 Å². The minimum atomic E-state index is -0.296. The van der Waals surface area contributed by atoms with Crippen LogP contribution in [0.5, 0.6) is 5.75 Å². The van der Waals surface area contributed by atoms with Crippen LogP contribution in [0.15, 0.2) is 67.0 Å². The summed E-state index contributed by atoms with van der Waals surface area (Å²) in [5, 5.41) is 3.11. The van der Waals surface area contributed by atoms with Gasteiger partial charge in [-0.25, -0.2) is 4.39 Å². The molecule has 0 saturated carbocycles. The standard InChI is InChI=1S/C19H14ClFN2O2/c20-17-10-16(23-19(24)14-2-1-9-22-11-14)7-8-18(17)25-12-13-3-5-15(21)6-4-13/h1-11H,12H2,(H,23,24). The van der Waals surface area contributed by atoms with E-state index in [4.69, 9.17) is 16.3 Å². The summed E-state index contributed by atoms with van der Waals surface area (Å²) in [6.07, 6.45) is 3.08. The maximum atomic E-state index is 12.9. The Labute approximate surface area is 149 Å². The molecule has 0 aliphatic heterocycles. The smallest absolute Gasteiger partial charge is 0.257 e. The highest BCUT2D eigenvalue weighted by Gasteiger charge is 2.08. The molecule has 6 heteroatoms. The zero-order valence-electron chi connectivity index (χ0n) is 13.1. The highest BCUT2D eigenvalue weighted by atomic mass is 35.5. The second kappa shape index (κ2) is 7.77. The zero-order valence-corrected chi connectivity index (χ0v) is 13.8. The van der Waals surface area contributed by atoms with Crippen LogP contribution in [0.3, 0.4) is 0 Å². The molecule has 0 radical (unpaired) electrons. The second-order valence-electron chi connectivity index (χ2n) is 5.26. The number of benzene rings is 2. The molecule has 126 valence electrons. The molecule has 1 aromatic heterocycles. The van der Waals surface area contributed by atoms with Gasteiger partial charge in [-0.2, -0.15) is 0 Å². The molecule has 0 atom stereocenters. The van der Waals surface area contributed by atoms with Gasteiger partial charge in [0.1, 0.15) is 18.2 Å². The number of rotatable bonds is 5. The molecule has 3 rings (SSSR count). The summed E-state index contributed by atoms with van der Waals surface area (Å²) in [6.45, 7) is 0.265. The molecule has 0 unspecified atom stereocenters. The third-order valence-electron chi connectivity index (χ3n) is 3.42. The maximum Gasteiger partial charge on any atom is 0.257 e. The van der Waals surface area contributed by atoms with Crippen molar-refractivity contribution in [3.63, 3.8) is 0 Å². The van der Waals surface area contributed by atoms with Gasteiger partial charge in [-0.1, -0.05) is 23.7 Å². The lowest BCUT2D eigenvalue weighted by Gasteiger charge is -2.10. The summed E-state index contributed by atoms with van der Waals surface area (Å²) >= 11 is 6.20. The van der Waals surface area contributed by atoms with E-state index >= 15 is 0 Å². The monoisotopic (exact) mass is 356 g/mol. The Balaban J connectivity index is 1.64. The lowest BCUT2D eigenvalue weighted by molar-refractivity contribution is 0.102. The SMILES string of the molecule is O=C(Nc1ccc(OCc2ccc(F)cc2)c(Cl)c1)c1cccnc1. The number of aromatic nitrogens is 1. The van der Waals surface area contributed by atoms with Gasteiger partial charge in [0.05, 0.1) is 10.6 Å². The van der Waals surface area contributed by atoms with E-state index in [0.717, 1.165) is 5.56 Å². The highest BCUT2D eigenvalue weighted by molar-refractivity contribution is 6.32. The molecule has 3 aromatic rings. The number of nitrogens with one attached hydrogen (secondary N) is 1. The Morgan fingerprint density at radius 3 is 2.64 bits per heavy atom. The van der Waals surface area contributed by atoms with Crippen molar-refractivity contribution < 1.29 is 13.9 Å². The second-order valence-corrected chi connectivity index (χ2v) is 5.66. The molecule has 2 aromatic carbocycles. The number of halogens is 2. The third kappa shape index (κ3) is 4.55. The fraction of sp³-hybridized carbons (Fsp3) is 0.0526. The van der Waals surface area contributed by atoms with Gasteiger partial charge in [0.15, 0.2) is 0 Å². The summed E-state index contributed by atoms with van der Waals surface area (Å²) in [6, 6.07) is 14.4. The molecule has 0 spiro atoms. The van der Waals surface area contributed by atoms with Crippen molar-refractivity contribution in [3.8, 4) is 5.75 Å². The number of ether oxygens (including phenoxy) is 1. The van der Waals surface area contributed by atoms with Crippen molar-refractivity contribution in [2.24, 2.45) is 0 Å². The average molecular weight is 357 g/mol. The first-order chi connectivity index (χ1) is 12.1. The van der Waals surface area contributed by atoms with Crippen LogP contribution < -0.4 is 10.1 Å². The fourth-order valence-electron chi connectivity index (χ4n) is 2.14. The first-order valence-electron chi connectivity index (χ1n) is 7.50. The predicted octanol–water partition coefficient (Wildman–Crippen LogP) is 4.71. The molecule has 0 fully saturated rings. The number of anilines is 1. The van der Waals surface area contributed by atoms with E-state index < -0.39 is 0 Å². The van der Waals surface area contributed by atoms with E-state index in [9.17, 15) is 9.18 Å². The van der Waals surface area contributed by atoms with Crippen LogP contribution in [-0.2, 0) is 6.61 Å². The van der Waals surface area contributed by atoms with Crippen molar-refractivity contribution >= 4 is 23.2 Å². The number of carbonyl (C=O) groups is 1. The molecular weight excluding hydrogens is 343 g/mol. The van der Waals surface area contributed by atoms with E-state index in [1.807, 2.05) is 0 Å². The number of hydrogen-bond donors (Lipinski definition) is 1. The number of amides is 1. The van der Waals surface area contributed by atoms with E-state index in [1.165, 1.54) is 18.3 Å². The molecule has 4 nitrogen and oxygen atoms in total. The Kier molecular flexibility index (Phi) is 5.26. The van der Waals surface area contributed by atoms with Crippen LogP contribution in [0.4, 0.5) is 10.1 Å². The molecule has 0 aliphatic carbocycles. The quantitative estimate of drug-likeness (QED) is 0.720. The summed E-state index contributed by atoms with van der Waals surface area (Å²) < 4.78 is 18.5. The van der Waals surface area contributed by atoms with Crippen molar-refractivity contribution in [1.82, 2.24) is 4.98 Å². The summed E-state index contributed by atoms with van der Waals surface area (Å²) in [7, 11) is 0. The molecular formula is C19H14ClFN2O2. The molecule has 1 heterocycles. The summed E-state index contributed by atoms with van der Waals surface area (Å²) in [4.78, 5) is 16.0. The lowest BCUT2D eigenvalue weighted by atomic mass is 10.2. The van der Waals surface area contributed by atoms with Crippen molar-refractivity contribution in [2.45, 2.75) is 6.61 Å². The number of carbonyl (C=O) groups excluding carboxylic acids is 1. The average Bonchev–Trinajstić information content (AvgIpc) is 2.63. The predicted molar refractivity (Wildman–Crippen MR) is 94.4 cm³/mol. The third-order valence-corrected chi connectivity index (χ3v) is 3.72. The van der Waals surface area contributed by atoms with Crippen LogP contribution in [0, 0.1) is 5.82 Å².